The van der Waals surface area contributed by atoms with E-state index in [-0.39, 0.29) is 11.8 Å². The Morgan fingerprint density at radius 2 is 2.00 bits per heavy atom. The highest BCUT2D eigenvalue weighted by molar-refractivity contribution is 7.17. The molecule has 5 nitrogen and oxygen atoms in total. The van der Waals surface area contributed by atoms with Gasteiger partial charge in [-0.05, 0) is 43.7 Å². The van der Waals surface area contributed by atoms with Crippen LogP contribution < -0.4 is 5.32 Å². The lowest BCUT2D eigenvalue weighted by atomic mass is 9.72. The van der Waals surface area contributed by atoms with E-state index in [4.69, 9.17) is 0 Å². The van der Waals surface area contributed by atoms with Gasteiger partial charge in [-0.2, -0.15) is 0 Å². The molecule has 1 aromatic heterocycles. The number of nitrogens with zero attached hydrogens (tertiary/aromatic N) is 2. The van der Waals surface area contributed by atoms with Crippen LogP contribution in [0.15, 0.2) is 29.6 Å². The first-order valence-electron chi connectivity index (χ1n) is 10.9. The third kappa shape index (κ3) is 3.46. The Morgan fingerprint density at radius 1 is 1.17 bits per heavy atom. The Balaban J connectivity index is 1.41. The molecule has 0 radical (unpaired) electrons. The van der Waals surface area contributed by atoms with Crippen LogP contribution in [0, 0.1) is 11.8 Å². The van der Waals surface area contributed by atoms with E-state index < -0.39 is 0 Å². The van der Waals surface area contributed by atoms with Crippen molar-refractivity contribution in [2.45, 2.75) is 44.7 Å². The number of hydrogen-bond acceptors (Lipinski definition) is 4. The van der Waals surface area contributed by atoms with Gasteiger partial charge in [0, 0.05) is 54.1 Å². The highest BCUT2D eigenvalue weighted by Gasteiger charge is 2.48. The highest BCUT2D eigenvalue weighted by Crippen LogP contribution is 2.41. The van der Waals surface area contributed by atoms with Gasteiger partial charge < -0.3 is 10.2 Å². The fourth-order valence-corrected chi connectivity index (χ4v) is 6.85. The molecule has 3 aliphatic heterocycles. The summed E-state index contributed by atoms with van der Waals surface area (Å²) in [5.74, 6) is 1.20. The monoisotopic (exact) mass is 411 g/mol. The van der Waals surface area contributed by atoms with Gasteiger partial charge in [-0.1, -0.05) is 24.6 Å². The Kier molecular flexibility index (Phi) is 5.08. The zero-order chi connectivity index (χ0) is 20.0. The number of thiophene rings is 1. The first-order chi connectivity index (χ1) is 14.1. The third-order valence-corrected chi connectivity index (χ3v) is 8.14. The van der Waals surface area contributed by atoms with Crippen molar-refractivity contribution in [1.29, 1.82) is 0 Å². The molecule has 3 aliphatic rings. The van der Waals surface area contributed by atoms with Crippen molar-refractivity contribution in [3.05, 3.63) is 35.2 Å². The fraction of sp³-hybridized carbons (Fsp3) is 0.565. The molecule has 0 aliphatic carbocycles. The SMILES string of the molecule is CC(=O)NC[C@H]1[C@H]2C[C@H](CN(C(=O)c3csc4ccccc34)C2)[C@@H]2CCCCN21. The number of hydrogen-bond donors (Lipinski definition) is 1. The zero-order valence-corrected chi connectivity index (χ0v) is 17.8. The third-order valence-electron chi connectivity index (χ3n) is 7.18. The number of amides is 2. The summed E-state index contributed by atoms with van der Waals surface area (Å²) >= 11 is 1.65. The molecule has 0 spiro atoms. The van der Waals surface area contributed by atoms with Crippen LogP contribution in [-0.4, -0.2) is 59.9 Å². The molecule has 4 heterocycles. The molecular formula is C23H29N3O2S. The lowest BCUT2D eigenvalue weighted by Crippen LogP contribution is -2.66. The molecule has 3 fully saturated rings. The number of benzene rings is 1. The lowest BCUT2D eigenvalue weighted by Gasteiger charge is -2.56. The smallest absolute Gasteiger partial charge is 0.255 e. The predicted molar refractivity (Wildman–Crippen MR) is 116 cm³/mol. The average Bonchev–Trinajstić information content (AvgIpc) is 3.17. The van der Waals surface area contributed by atoms with E-state index in [0.29, 0.717) is 30.5 Å². The second-order valence-electron chi connectivity index (χ2n) is 8.92. The Labute approximate surface area is 176 Å². The van der Waals surface area contributed by atoms with Gasteiger partial charge in [0.2, 0.25) is 5.91 Å². The standard InChI is InChI=1S/C23H29N3O2S/c1-15(27)24-11-21-17-10-16(20-7-4-5-9-26(20)21)12-25(13-17)23(28)19-14-29-22-8-3-2-6-18(19)22/h2-3,6,8,14,16-17,20-21H,4-5,7,9-13H2,1H3,(H,24,27)/t16-,17+,20+,21+/m1/s1. The van der Waals surface area contributed by atoms with Crippen LogP contribution in [0.5, 0.6) is 0 Å². The van der Waals surface area contributed by atoms with Crippen LogP contribution in [0.25, 0.3) is 10.1 Å². The molecule has 1 N–H and O–H groups in total. The van der Waals surface area contributed by atoms with Gasteiger partial charge in [-0.15, -0.1) is 11.3 Å². The van der Waals surface area contributed by atoms with Gasteiger partial charge >= 0.3 is 0 Å². The summed E-state index contributed by atoms with van der Waals surface area (Å²) in [6.45, 7) is 5.09. The molecule has 6 heteroatoms. The largest absolute Gasteiger partial charge is 0.355 e. The number of nitrogens with one attached hydrogen (secondary N) is 1. The van der Waals surface area contributed by atoms with Crippen molar-refractivity contribution in [3.8, 4) is 0 Å². The number of fused-ring (bicyclic) bond motifs is 5. The van der Waals surface area contributed by atoms with E-state index >= 15 is 0 Å². The Hall–Kier alpha value is -1.92. The molecule has 3 saturated heterocycles. The number of likely N-dealkylation sites (tertiary alicyclic amines) is 1. The summed E-state index contributed by atoms with van der Waals surface area (Å²) in [6.07, 6.45) is 4.92. The molecular weight excluding hydrogens is 382 g/mol. The Bertz CT molecular complexity index is 926. The van der Waals surface area contributed by atoms with E-state index in [1.165, 1.54) is 30.4 Å². The number of carbonyl (C=O) groups is 2. The summed E-state index contributed by atoms with van der Waals surface area (Å²) in [5.41, 5.74) is 0.851. The van der Waals surface area contributed by atoms with Gasteiger partial charge in [0.25, 0.3) is 5.91 Å². The summed E-state index contributed by atoms with van der Waals surface area (Å²) in [7, 11) is 0. The Morgan fingerprint density at radius 3 is 2.86 bits per heavy atom. The molecule has 2 aromatic rings. The van der Waals surface area contributed by atoms with Crippen LogP contribution >= 0.6 is 11.3 Å². The minimum absolute atomic E-state index is 0.0363. The maximum atomic E-state index is 13.5. The van der Waals surface area contributed by atoms with Crippen molar-refractivity contribution in [2.24, 2.45) is 11.8 Å². The molecule has 29 heavy (non-hydrogen) atoms. The number of carbonyl (C=O) groups excluding carboxylic acids is 2. The molecule has 1 aromatic carbocycles. The molecule has 2 amide bonds. The van der Waals surface area contributed by atoms with Crippen LogP contribution in [0.1, 0.15) is 43.0 Å². The van der Waals surface area contributed by atoms with Crippen LogP contribution in [-0.2, 0) is 4.79 Å². The quantitative estimate of drug-likeness (QED) is 0.843. The van der Waals surface area contributed by atoms with Crippen molar-refractivity contribution in [3.63, 3.8) is 0 Å². The molecule has 154 valence electrons. The topological polar surface area (TPSA) is 52.7 Å². The maximum Gasteiger partial charge on any atom is 0.255 e. The summed E-state index contributed by atoms with van der Waals surface area (Å²) in [4.78, 5) is 29.8. The van der Waals surface area contributed by atoms with Gasteiger partial charge in [0.15, 0.2) is 0 Å². The average molecular weight is 412 g/mol. The molecule has 4 atom stereocenters. The first-order valence-corrected chi connectivity index (χ1v) is 11.8. The minimum atomic E-state index is 0.0363. The van der Waals surface area contributed by atoms with Gasteiger partial charge in [-0.25, -0.2) is 0 Å². The van der Waals surface area contributed by atoms with Crippen molar-refractivity contribution >= 4 is 33.2 Å². The van der Waals surface area contributed by atoms with Crippen molar-refractivity contribution in [2.75, 3.05) is 26.2 Å². The summed E-state index contributed by atoms with van der Waals surface area (Å²) in [5, 5.41) is 6.17. The second-order valence-corrected chi connectivity index (χ2v) is 9.83. The van der Waals surface area contributed by atoms with E-state index in [9.17, 15) is 9.59 Å². The first kappa shape index (κ1) is 19.1. The fourth-order valence-electron chi connectivity index (χ4n) is 5.92. The van der Waals surface area contributed by atoms with Gasteiger partial charge in [0.05, 0.1) is 5.56 Å². The minimum Gasteiger partial charge on any atom is -0.355 e. The molecule has 0 unspecified atom stereocenters. The van der Waals surface area contributed by atoms with Crippen molar-refractivity contribution in [1.82, 2.24) is 15.1 Å². The number of rotatable bonds is 3. The van der Waals surface area contributed by atoms with Gasteiger partial charge in [0.1, 0.15) is 0 Å². The van der Waals surface area contributed by atoms with Crippen LogP contribution in [0.2, 0.25) is 0 Å². The predicted octanol–water partition coefficient (Wildman–Crippen LogP) is 3.35. The van der Waals surface area contributed by atoms with Crippen molar-refractivity contribution < 1.29 is 9.59 Å². The maximum absolute atomic E-state index is 13.5. The number of piperidine rings is 3. The van der Waals surface area contributed by atoms with Crippen LogP contribution in [0.4, 0.5) is 0 Å². The van der Waals surface area contributed by atoms with E-state index in [1.54, 1.807) is 18.3 Å². The second kappa shape index (κ2) is 7.73. The summed E-state index contributed by atoms with van der Waals surface area (Å²) in [6, 6.07) is 9.09. The zero-order valence-electron chi connectivity index (χ0n) is 17.0. The molecule has 2 bridgehead atoms. The summed E-state index contributed by atoms with van der Waals surface area (Å²) < 4.78 is 1.18. The highest BCUT2D eigenvalue weighted by atomic mass is 32.1. The van der Waals surface area contributed by atoms with E-state index in [2.05, 4.69) is 27.2 Å². The van der Waals surface area contributed by atoms with E-state index in [0.717, 1.165) is 30.6 Å². The van der Waals surface area contributed by atoms with Gasteiger partial charge in [-0.3, -0.25) is 14.5 Å². The normalized spacial score (nSPS) is 29.5. The lowest BCUT2D eigenvalue weighted by molar-refractivity contribution is -0.120. The van der Waals surface area contributed by atoms with E-state index in [1.807, 2.05) is 17.5 Å². The van der Waals surface area contributed by atoms with Crippen LogP contribution in [0.3, 0.4) is 0 Å². The molecule has 5 rings (SSSR count). The molecule has 0 saturated carbocycles.